The van der Waals surface area contributed by atoms with Crippen molar-refractivity contribution in [2.45, 2.75) is 0 Å². The highest BCUT2D eigenvalue weighted by Gasteiger charge is 2.38. The lowest BCUT2D eigenvalue weighted by atomic mass is 9.84. The Bertz CT molecular complexity index is 830. The van der Waals surface area contributed by atoms with Crippen LogP contribution in [0, 0.1) is 0 Å². The summed E-state index contributed by atoms with van der Waals surface area (Å²) in [5.41, 5.74) is 2.49. The van der Waals surface area contributed by atoms with Gasteiger partial charge in [-0.3, -0.25) is 9.59 Å². The Labute approximate surface area is 127 Å². The number of aromatic hydroxyl groups is 1. The van der Waals surface area contributed by atoms with Crippen molar-refractivity contribution < 1.29 is 14.7 Å². The number of carbonyl (C=O) groups excluding carboxylic acids is 2. The lowest BCUT2D eigenvalue weighted by Crippen LogP contribution is -2.25. The van der Waals surface area contributed by atoms with Gasteiger partial charge in [-0.15, -0.1) is 0 Å². The molecule has 22 heavy (non-hydrogen) atoms. The summed E-state index contributed by atoms with van der Waals surface area (Å²) in [7, 11) is 0. The van der Waals surface area contributed by atoms with Crippen LogP contribution in [0.4, 0.5) is 0 Å². The maximum Gasteiger partial charge on any atom is 0.210 e. The van der Waals surface area contributed by atoms with E-state index in [1.807, 2.05) is 4.90 Å². The van der Waals surface area contributed by atoms with Crippen LogP contribution in [0.5, 0.6) is 5.75 Å². The van der Waals surface area contributed by atoms with E-state index in [0.717, 1.165) is 13.1 Å². The lowest BCUT2D eigenvalue weighted by molar-refractivity contribution is 0.0977. The van der Waals surface area contributed by atoms with Gasteiger partial charge in [-0.05, 0) is 17.7 Å². The Morgan fingerprint density at radius 2 is 1.41 bits per heavy atom. The zero-order valence-electron chi connectivity index (χ0n) is 11.7. The van der Waals surface area contributed by atoms with Crippen molar-refractivity contribution in [1.29, 1.82) is 0 Å². The molecule has 1 heterocycles. The number of benzene rings is 2. The lowest BCUT2D eigenvalue weighted by Gasteiger charge is -2.22. The summed E-state index contributed by atoms with van der Waals surface area (Å²) in [6, 6.07) is 13.3. The molecule has 0 spiro atoms. The van der Waals surface area contributed by atoms with Gasteiger partial charge >= 0.3 is 0 Å². The molecule has 1 N–H and O–H groups in total. The molecule has 0 bridgehead atoms. The first-order valence-corrected chi connectivity index (χ1v) is 7.14. The van der Waals surface area contributed by atoms with Crippen molar-refractivity contribution in [2.75, 3.05) is 13.1 Å². The highest BCUT2D eigenvalue weighted by molar-refractivity contribution is 6.40. The Balaban J connectivity index is 1.96. The molecule has 0 atom stereocenters. The fourth-order valence-corrected chi connectivity index (χ4v) is 2.83. The van der Waals surface area contributed by atoms with Gasteiger partial charge in [-0.1, -0.05) is 36.4 Å². The number of ketones is 2. The van der Waals surface area contributed by atoms with E-state index in [9.17, 15) is 14.7 Å². The Kier molecular flexibility index (Phi) is 2.66. The summed E-state index contributed by atoms with van der Waals surface area (Å²) in [6.07, 6.45) is 0. The highest BCUT2D eigenvalue weighted by Crippen LogP contribution is 2.36. The molecule has 0 unspecified atom stereocenters. The van der Waals surface area contributed by atoms with Crippen molar-refractivity contribution in [1.82, 2.24) is 4.90 Å². The average Bonchev–Trinajstić information content (AvgIpc) is 3.36. The van der Waals surface area contributed by atoms with Crippen LogP contribution in [0.15, 0.2) is 54.2 Å². The fourth-order valence-electron chi connectivity index (χ4n) is 2.83. The minimum atomic E-state index is -0.136. The number of rotatable bonds is 2. The average molecular weight is 291 g/mol. The number of fused-ring (bicyclic) bond motifs is 1. The number of Topliss-reactive ketones (excluding diaryl/α,β-unsaturated/α-hetero) is 2. The van der Waals surface area contributed by atoms with Crippen LogP contribution in [0.25, 0.3) is 5.57 Å². The van der Waals surface area contributed by atoms with Gasteiger partial charge in [0.25, 0.3) is 0 Å². The van der Waals surface area contributed by atoms with Crippen LogP contribution >= 0.6 is 0 Å². The molecule has 2 aromatic carbocycles. The van der Waals surface area contributed by atoms with Crippen molar-refractivity contribution in [3.63, 3.8) is 0 Å². The number of allylic oxidation sites excluding steroid dienone is 2. The summed E-state index contributed by atoms with van der Waals surface area (Å²) in [5.74, 6) is -0.105. The first kappa shape index (κ1) is 12.8. The van der Waals surface area contributed by atoms with Crippen LogP contribution in [0.2, 0.25) is 0 Å². The Morgan fingerprint density at radius 3 is 2.00 bits per heavy atom. The molecule has 0 aromatic heterocycles. The molecule has 0 amide bonds. The van der Waals surface area contributed by atoms with Gasteiger partial charge in [-0.2, -0.15) is 0 Å². The van der Waals surface area contributed by atoms with E-state index in [4.69, 9.17) is 0 Å². The number of hydrogen-bond donors (Lipinski definition) is 1. The Morgan fingerprint density at radius 1 is 0.818 bits per heavy atom. The van der Waals surface area contributed by atoms with Gasteiger partial charge in [0.15, 0.2) is 5.78 Å². The summed E-state index contributed by atoms with van der Waals surface area (Å²) in [4.78, 5) is 27.6. The normalized spacial score (nSPS) is 16.8. The topological polar surface area (TPSA) is 57.4 Å². The van der Waals surface area contributed by atoms with Crippen LogP contribution < -0.4 is 0 Å². The second-order valence-corrected chi connectivity index (χ2v) is 5.46. The van der Waals surface area contributed by atoms with E-state index >= 15 is 0 Å². The third-order valence-electron chi connectivity index (χ3n) is 4.01. The van der Waals surface area contributed by atoms with Crippen molar-refractivity contribution in [3.05, 3.63) is 70.9 Å². The largest absolute Gasteiger partial charge is 0.508 e. The second-order valence-electron chi connectivity index (χ2n) is 5.46. The van der Waals surface area contributed by atoms with E-state index in [1.165, 1.54) is 12.1 Å². The maximum atomic E-state index is 12.9. The molecule has 1 fully saturated rings. The van der Waals surface area contributed by atoms with Gasteiger partial charge < -0.3 is 10.0 Å². The standard InChI is InChI=1S/C18H13NO3/c20-12-7-5-11(6-8-12)15-16(19-9-10-19)18(22)14-4-2-1-3-13(14)17(15)21/h1-8,20H,9-10H2. The number of carbonyl (C=O) groups is 2. The smallest absolute Gasteiger partial charge is 0.210 e. The number of nitrogens with zero attached hydrogens (tertiary/aromatic N) is 1. The summed E-state index contributed by atoms with van der Waals surface area (Å²) >= 11 is 0. The molecule has 4 nitrogen and oxygen atoms in total. The van der Waals surface area contributed by atoms with Crippen molar-refractivity contribution in [2.24, 2.45) is 0 Å². The zero-order valence-corrected chi connectivity index (χ0v) is 11.7. The third kappa shape index (κ3) is 1.84. The molecular formula is C18H13NO3. The molecule has 108 valence electrons. The van der Waals surface area contributed by atoms with Crippen LogP contribution in [0.3, 0.4) is 0 Å². The van der Waals surface area contributed by atoms with Crippen LogP contribution in [-0.4, -0.2) is 34.7 Å². The molecule has 2 aliphatic rings. The quantitative estimate of drug-likeness (QED) is 0.864. The summed E-state index contributed by atoms with van der Waals surface area (Å²) < 4.78 is 0. The number of phenols is 1. The molecular weight excluding hydrogens is 278 g/mol. The van der Waals surface area contributed by atoms with E-state index < -0.39 is 0 Å². The molecule has 0 saturated carbocycles. The summed E-state index contributed by atoms with van der Waals surface area (Å²) in [6.45, 7) is 1.58. The molecule has 2 aromatic rings. The van der Waals surface area contributed by atoms with Gasteiger partial charge in [0.2, 0.25) is 5.78 Å². The first-order chi connectivity index (χ1) is 10.7. The second kappa shape index (κ2) is 4.56. The first-order valence-electron chi connectivity index (χ1n) is 7.14. The van der Waals surface area contributed by atoms with Gasteiger partial charge in [-0.25, -0.2) is 0 Å². The molecule has 4 heteroatoms. The number of phenolic OH excluding ortho intramolecular Hbond substituents is 1. The minimum Gasteiger partial charge on any atom is -0.508 e. The van der Waals surface area contributed by atoms with Gasteiger partial charge in [0.1, 0.15) is 5.75 Å². The predicted octanol–water partition coefficient (Wildman–Crippen LogP) is 2.50. The van der Waals surface area contributed by atoms with Gasteiger partial charge in [0, 0.05) is 24.2 Å². The van der Waals surface area contributed by atoms with Crippen molar-refractivity contribution >= 4 is 17.1 Å². The SMILES string of the molecule is O=C1C(c2ccc(O)cc2)=C(N2CC2)C(=O)c2ccccc21. The predicted molar refractivity (Wildman–Crippen MR) is 81.7 cm³/mol. The monoisotopic (exact) mass is 291 g/mol. The van der Waals surface area contributed by atoms with Gasteiger partial charge in [0.05, 0.1) is 11.3 Å². The molecule has 4 rings (SSSR count). The minimum absolute atomic E-state index is 0.101. The summed E-state index contributed by atoms with van der Waals surface area (Å²) in [5, 5.41) is 9.44. The van der Waals surface area contributed by atoms with Crippen molar-refractivity contribution in [3.8, 4) is 5.75 Å². The zero-order chi connectivity index (χ0) is 15.3. The fraction of sp³-hybridized carbons (Fsp3) is 0.111. The van der Waals surface area contributed by atoms with Crippen LogP contribution in [0.1, 0.15) is 26.3 Å². The van der Waals surface area contributed by atoms with E-state index in [-0.39, 0.29) is 17.3 Å². The molecule has 1 aliphatic carbocycles. The maximum absolute atomic E-state index is 12.9. The molecule has 1 aliphatic heterocycles. The van der Waals surface area contributed by atoms with E-state index in [0.29, 0.717) is 28.0 Å². The van der Waals surface area contributed by atoms with E-state index in [2.05, 4.69) is 0 Å². The Hall–Kier alpha value is -2.88. The molecule has 1 saturated heterocycles. The molecule has 0 radical (unpaired) electrons. The van der Waals surface area contributed by atoms with E-state index in [1.54, 1.807) is 36.4 Å². The van der Waals surface area contributed by atoms with Crippen LogP contribution in [-0.2, 0) is 0 Å². The third-order valence-corrected chi connectivity index (χ3v) is 4.01. The highest BCUT2D eigenvalue weighted by atomic mass is 16.3. The number of hydrogen-bond acceptors (Lipinski definition) is 4.